The van der Waals surface area contributed by atoms with Crippen LogP contribution in [0.5, 0.6) is 5.75 Å². The van der Waals surface area contributed by atoms with Gasteiger partial charge in [-0.15, -0.1) is 0 Å². The normalized spacial score (nSPS) is 11.3. The Morgan fingerprint density at radius 3 is 2.44 bits per heavy atom. The molecular formula is C19H23N3O3. The van der Waals surface area contributed by atoms with Gasteiger partial charge in [0.15, 0.2) is 0 Å². The number of carbonyl (C=O) groups excluding carboxylic acids is 2. The highest BCUT2D eigenvalue weighted by Gasteiger charge is 2.13. The molecule has 0 bridgehead atoms. The molecule has 2 aromatic carbocycles. The highest BCUT2D eigenvalue weighted by atomic mass is 16.5. The summed E-state index contributed by atoms with van der Waals surface area (Å²) in [5.41, 5.74) is 1.61. The van der Waals surface area contributed by atoms with Gasteiger partial charge in [0, 0.05) is 24.2 Å². The van der Waals surface area contributed by atoms with Crippen LogP contribution in [0.1, 0.15) is 24.9 Å². The van der Waals surface area contributed by atoms with Gasteiger partial charge in [-0.05, 0) is 25.1 Å². The van der Waals surface area contributed by atoms with E-state index in [0.717, 1.165) is 11.3 Å². The molecule has 25 heavy (non-hydrogen) atoms. The Hall–Kier alpha value is -3.02. The zero-order chi connectivity index (χ0) is 18.1. The van der Waals surface area contributed by atoms with Crippen LogP contribution in [0.4, 0.5) is 10.5 Å². The van der Waals surface area contributed by atoms with Crippen LogP contribution < -0.4 is 20.7 Å². The van der Waals surface area contributed by atoms with Gasteiger partial charge < -0.3 is 20.7 Å². The molecular weight excluding hydrogens is 318 g/mol. The van der Waals surface area contributed by atoms with Gasteiger partial charge >= 0.3 is 6.03 Å². The minimum absolute atomic E-state index is 0.140. The van der Waals surface area contributed by atoms with Crippen molar-refractivity contribution in [1.82, 2.24) is 10.6 Å². The maximum absolute atomic E-state index is 12.0. The number of rotatable bonds is 7. The summed E-state index contributed by atoms with van der Waals surface area (Å²) in [6, 6.07) is 16.2. The van der Waals surface area contributed by atoms with E-state index in [1.165, 1.54) is 0 Å². The second-order valence-electron chi connectivity index (χ2n) is 5.53. The molecule has 6 heteroatoms. The molecule has 0 heterocycles. The van der Waals surface area contributed by atoms with Crippen LogP contribution in [0.3, 0.4) is 0 Å². The Morgan fingerprint density at radius 1 is 1.04 bits per heavy atom. The number of carbonyl (C=O) groups is 2. The molecule has 2 rings (SSSR count). The molecule has 0 radical (unpaired) electrons. The van der Waals surface area contributed by atoms with Crippen molar-refractivity contribution in [3.63, 3.8) is 0 Å². The molecule has 0 saturated carbocycles. The molecule has 0 aromatic heterocycles. The lowest BCUT2D eigenvalue weighted by Gasteiger charge is -2.17. The van der Waals surface area contributed by atoms with E-state index in [9.17, 15) is 9.59 Å². The number of benzene rings is 2. The fourth-order valence-electron chi connectivity index (χ4n) is 2.40. The second kappa shape index (κ2) is 9.32. The van der Waals surface area contributed by atoms with Crippen molar-refractivity contribution in [2.24, 2.45) is 0 Å². The van der Waals surface area contributed by atoms with Crippen LogP contribution in [0.15, 0.2) is 54.6 Å². The minimum Gasteiger partial charge on any atom is -0.496 e. The van der Waals surface area contributed by atoms with E-state index in [0.29, 0.717) is 5.69 Å². The van der Waals surface area contributed by atoms with Crippen LogP contribution >= 0.6 is 0 Å². The number of hydrogen-bond acceptors (Lipinski definition) is 3. The molecule has 132 valence electrons. The lowest BCUT2D eigenvalue weighted by Crippen LogP contribution is -2.34. The number of methoxy groups -OCH3 is 1. The summed E-state index contributed by atoms with van der Waals surface area (Å²) in [5.74, 6) is 0.592. The van der Waals surface area contributed by atoms with E-state index < -0.39 is 0 Å². The first-order valence-electron chi connectivity index (χ1n) is 8.12. The standard InChI is InChI=1S/C19H23N3O3/c1-14(16-10-6-7-11-17(16)25-2)21-18(23)12-13-20-19(24)22-15-8-4-3-5-9-15/h3-11,14H,12-13H2,1-2H3,(H,21,23)(H2,20,22,24)/t14-/m1/s1. The lowest BCUT2D eigenvalue weighted by atomic mass is 10.1. The number of para-hydroxylation sites is 2. The monoisotopic (exact) mass is 341 g/mol. The number of urea groups is 1. The molecule has 0 unspecified atom stereocenters. The Labute approximate surface area is 147 Å². The molecule has 0 aliphatic carbocycles. The average molecular weight is 341 g/mol. The molecule has 3 N–H and O–H groups in total. The summed E-state index contributed by atoms with van der Waals surface area (Å²) in [6.45, 7) is 2.15. The molecule has 2 aromatic rings. The largest absolute Gasteiger partial charge is 0.496 e. The predicted octanol–water partition coefficient (Wildman–Crippen LogP) is 3.08. The van der Waals surface area contributed by atoms with E-state index in [1.54, 1.807) is 19.2 Å². The zero-order valence-corrected chi connectivity index (χ0v) is 14.4. The van der Waals surface area contributed by atoms with E-state index in [-0.39, 0.29) is 30.9 Å². The fourth-order valence-corrected chi connectivity index (χ4v) is 2.40. The van der Waals surface area contributed by atoms with Gasteiger partial charge in [-0.3, -0.25) is 4.79 Å². The molecule has 0 aliphatic heterocycles. The quantitative estimate of drug-likeness (QED) is 0.724. The first-order valence-corrected chi connectivity index (χ1v) is 8.12. The molecule has 0 fully saturated rings. The summed E-state index contributed by atoms with van der Waals surface area (Å²) >= 11 is 0. The third kappa shape index (κ3) is 5.84. The Balaban J connectivity index is 1.74. The third-order valence-electron chi connectivity index (χ3n) is 3.65. The first kappa shape index (κ1) is 18.3. The highest BCUT2D eigenvalue weighted by Crippen LogP contribution is 2.24. The summed E-state index contributed by atoms with van der Waals surface area (Å²) < 4.78 is 5.30. The van der Waals surface area contributed by atoms with Crippen LogP contribution in [-0.2, 0) is 4.79 Å². The van der Waals surface area contributed by atoms with Gasteiger partial charge in [-0.1, -0.05) is 36.4 Å². The highest BCUT2D eigenvalue weighted by molar-refractivity contribution is 5.89. The number of nitrogens with one attached hydrogen (secondary N) is 3. The van der Waals surface area contributed by atoms with Crippen molar-refractivity contribution in [2.75, 3.05) is 19.0 Å². The molecule has 3 amide bonds. The maximum Gasteiger partial charge on any atom is 0.319 e. The molecule has 6 nitrogen and oxygen atoms in total. The Morgan fingerprint density at radius 2 is 1.72 bits per heavy atom. The molecule has 0 spiro atoms. The van der Waals surface area contributed by atoms with E-state index in [2.05, 4.69) is 16.0 Å². The van der Waals surface area contributed by atoms with Crippen LogP contribution in [0.25, 0.3) is 0 Å². The fraction of sp³-hybridized carbons (Fsp3) is 0.263. The summed E-state index contributed by atoms with van der Waals surface area (Å²) in [5, 5.41) is 8.26. The summed E-state index contributed by atoms with van der Waals surface area (Å²) in [7, 11) is 1.60. The first-order chi connectivity index (χ1) is 12.1. The summed E-state index contributed by atoms with van der Waals surface area (Å²) in [4.78, 5) is 23.8. The van der Waals surface area contributed by atoms with Gasteiger partial charge in [0.25, 0.3) is 0 Å². The Kier molecular flexibility index (Phi) is 6.83. The SMILES string of the molecule is COc1ccccc1[C@@H](C)NC(=O)CCNC(=O)Nc1ccccc1. The maximum atomic E-state index is 12.0. The topological polar surface area (TPSA) is 79.5 Å². The summed E-state index contributed by atoms with van der Waals surface area (Å²) in [6.07, 6.45) is 0.196. The van der Waals surface area contributed by atoms with E-state index >= 15 is 0 Å². The molecule has 1 atom stereocenters. The number of hydrogen-bond donors (Lipinski definition) is 3. The smallest absolute Gasteiger partial charge is 0.319 e. The van der Waals surface area contributed by atoms with Crippen molar-refractivity contribution in [2.45, 2.75) is 19.4 Å². The number of amides is 3. The van der Waals surface area contributed by atoms with Gasteiger partial charge in [-0.25, -0.2) is 4.79 Å². The van der Waals surface area contributed by atoms with Crippen LogP contribution in [0.2, 0.25) is 0 Å². The van der Waals surface area contributed by atoms with Crippen molar-refractivity contribution >= 4 is 17.6 Å². The predicted molar refractivity (Wildman–Crippen MR) is 97.6 cm³/mol. The van der Waals surface area contributed by atoms with Crippen LogP contribution in [0, 0.1) is 0 Å². The van der Waals surface area contributed by atoms with Gasteiger partial charge in [-0.2, -0.15) is 0 Å². The molecule has 0 aliphatic rings. The van der Waals surface area contributed by atoms with Crippen molar-refractivity contribution in [3.05, 3.63) is 60.2 Å². The molecule has 0 saturated heterocycles. The van der Waals surface area contributed by atoms with Crippen molar-refractivity contribution in [1.29, 1.82) is 0 Å². The van der Waals surface area contributed by atoms with Gasteiger partial charge in [0.1, 0.15) is 5.75 Å². The second-order valence-corrected chi connectivity index (χ2v) is 5.53. The Bertz CT molecular complexity index is 704. The minimum atomic E-state index is -0.336. The number of ether oxygens (including phenoxy) is 1. The lowest BCUT2D eigenvalue weighted by molar-refractivity contribution is -0.121. The zero-order valence-electron chi connectivity index (χ0n) is 14.4. The van der Waals surface area contributed by atoms with Crippen molar-refractivity contribution in [3.8, 4) is 5.75 Å². The van der Waals surface area contributed by atoms with Crippen LogP contribution in [-0.4, -0.2) is 25.6 Å². The van der Waals surface area contributed by atoms with E-state index in [4.69, 9.17) is 4.74 Å². The van der Waals surface area contributed by atoms with E-state index in [1.807, 2.05) is 49.4 Å². The third-order valence-corrected chi connectivity index (χ3v) is 3.65. The number of anilines is 1. The average Bonchev–Trinajstić information content (AvgIpc) is 2.62. The van der Waals surface area contributed by atoms with Gasteiger partial charge in [0.2, 0.25) is 5.91 Å². The van der Waals surface area contributed by atoms with Crippen molar-refractivity contribution < 1.29 is 14.3 Å². The van der Waals surface area contributed by atoms with Gasteiger partial charge in [0.05, 0.1) is 13.2 Å².